The van der Waals surface area contributed by atoms with Crippen molar-refractivity contribution in [3.05, 3.63) is 54.1 Å². The number of benzene rings is 2. The number of carbonyl (C=O) groups excluding carboxylic acids is 2. The summed E-state index contributed by atoms with van der Waals surface area (Å²) in [4.78, 5) is 27.4. The van der Waals surface area contributed by atoms with Crippen LogP contribution in [0, 0.1) is 0 Å². The van der Waals surface area contributed by atoms with Crippen LogP contribution in [0.2, 0.25) is 0 Å². The fraction of sp³-hybridized carbons (Fsp3) is 0.333. The van der Waals surface area contributed by atoms with Crippen LogP contribution in [0.4, 0.5) is 11.4 Å². The van der Waals surface area contributed by atoms with Crippen molar-refractivity contribution in [2.75, 3.05) is 28.3 Å². The zero-order valence-corrected chi connectivity index (χ0v) is 17.5. The second-order valence-electron chi connectivity index (χ2n) is 7.29. The van der Waals surface area contributed by atoms with Gasteiger partial charge in [-0.05, 0) is 43.2 Å². The molecule has 0 bridgehead atoms. The highest BCUT2D eigenvalue weighted by atomic mass is 32.2. The molecule has 6 nitrogen and oxygen atoms in total. The van der Waals surface area contributed by atoms with Crippen molar-refractivity contribution in [3.63, 3.8) is 0 Å². The molecule has 0 aliphatic carbocycles. The van der Waals surface area contributed by atoms with E-state index < -0.39 is 9.84 Å². The molecule has 0 aromatic heterocycles. The molecule has 1 N–H and O–H groups in total. The molecule has 2 saturated heterocycles. The van der Waals surface area contributed by atoms with Crippen LogP contribution in [-0.4, -0.2) is 43.5 Å². The summed E-state index contributed by atoms with van der Waals surface area (Å²) in [6.45, 7) is 0.694. The lowest BCUT2D eigenvalue weighted by Gasteiger charge is -2.17. The number of nitrogens with one attached hydrogen (secondary N) is 1. The van der Waals surface area contributed by atoms with Gasteiger partial charge in [-0.15, -0.1) is 11.8 Å². The smallest absolute Gasteiger partial charge is 0.256 e. The van der Waals surface area contributed by atoms with E-state index in [2.05, 4.69) is 5.32 Å². The summed E-state index contributed by atoms with van der Waals surface area (Å²) in [6.07, 6.45) is 2.00. The van der Waals surface area contributed by atoms with Gasteiger partial charge in [-0.3, -0.25) is 9.59 Å². The molecule has 2 amide bonds. The van der Waals surface area contributed by atoms with Gasteiger partial charge in [0, 0.05) is 34.5 Å². The third-order valence-electron chi connectivity index (χ3n) is 5.11. The van der Waals surface area contributed by atoms with Crippen molar-refractivity contribution in [3.8, 4) is 0 Å². The SMILES string of the molecule is O=C(Nc1cccc(N2CCCC2=O)c1)c1ccccc1S[C@H]1CCS(=O)(=O)C1. The highest BCUT2D eigenvalue weighted by molar-refractivity contribution is 8.02. The molecular weight excluding hydrogens is 408 g/mol. The lowest BCUT2D eigenvalue weighted by Crippen LogP contribution is -2.23. The van der Waals surface area contributed by atoms with Gasteiger partial charge < -0.3 is 10.2 Å². The number of anilines is 2. The van der Waals surface area contributed by atoms with Gasteiger partial charge in [0.05, 0.1) is 17.1 Å². The fourth-order valence-corrected chi connectivity index (χ4v) is 7.29. The summed E-state index contributed by atoms with van der Waals surface area (Å²) < 4.78 is 23.5. The van der Waals surface area contributed by atoms with Crippen molar-refractivity contribution in [2.24, 2.45) is 0 Å². The summed E-state index contributed by atoms with van der Waals surface area (Å²) >= 11 is 1.45. The highest BCUT2D eigenvalue weighted by Crippen LogP contribution is 2.33. The van der Waals surface area contributed by atoms with Crippen molar-refractivity contribution >= 4 is 44.8 Å². The highest BCUT2D eigenvalue weighted by Gasteiger charge is 2.29. The Morgan fingerprint density at radius 2 is 1.97 bits per heavy atom. The van der Waals surface area contributed by atoms with Crippen molar-refractivity contribution in [2.45, 2.75) is 29.4 Å². The van der Waals surface area contributed by atoms with Crippen molar-refractivity contribution in [1.29, 1.82) is 0 Å². The van der Waals surface area contributed by atoms with E-state index in [9.17, 15) is 18.0 Å². The van der Waals surface area contributed by atoms with E-state index in [4.69, 9.17) is 0 Å². The predicted molar refractivity (Wildman–Crippen MR) is 115 cm³/mol. The maximum atomic E-state index is 12.9. The van der Waals surface area contributed by atoms with Crippen LogP contribution >= 0.6 is 11.8 Å². The fourth-order valence-electron chi connectivity index (χ4n) is 3.66. The Kier molecular flexibility index (Phi) is 5.65. The van der Waals surface area contributed by atoms with Crippen LogP contribution < -0.4 is 10.2 Å². The van der Waals surface area contributed by atoms with Gasteiger partial charge in [-0.25, -0.2) is 8.42 Å². The normalized spacial score (nSPS) is 20.8. The summed E-state index contributed by atoms with van der Waals surface area (Å²) in [5, 5.41) is 2.88. The number of amides is 2. The molecule has 2 aliphatic heterocycles. The molecule has 0 unspecified atom stereocenters. The topological polar surface area (TPSA) is 83.6 Å². The Balaban J connectivity index is 1.50. The molecule has 29 heavy (non-hydrogen) atoms. The molecule has 2 heterocycles. The number of carbonyl (C=O) groups is 2. The number of sulfone groups is 1. The zero-order valence-electron chi connectivity index (χ0n) is 15.8. The van der Waals surface area contributed by atoms with E-state index in [-0.39, 0.29) is 28.6 Å². The molecule has 0 saturated carbocycles. The summed E-state index contributed by atoms with van der Waals surface area (Å²) in [7, 11) is -2.97. The number of nitrogens with zero attached hydrogens (tertiary/aromatic N) is 1. The molecule has 4 rings (SSSR count). The number of hydrogen-bond donors (Lipinski definition) is 1. The van der Waals surface area contributed by atoms with Crippen LogP contribution in [0.15, 0.2) is 53.4 Å². The summed E-state index contributed by atoms with van der Waals surface area (Å²) in [5.41, 5.74) is 1.92. The molecule has 2 fully saturated rings. The molecule has 2 aliphatic rings. The zero-order chi connectivity index (χ0) is 20.4. The predicted octanol–water partition coefficient (Wildman–Crippen LogP) is 3.34. The van der Waals surface area contributed by atoms with Gasteiger partial charge >= 0.3 is 0 Å². The maximum Gasteiger partial charge on any atom is 0.256 e. The van der Waals surface area contributed by atoms with E-state index in [0.717, 1.165) is 17.0 Å². The lowest BCUT2D eigenvalue weighted by atomic mass is 10.2. The van der Waals surface area contributed by atoms with Crippen LogP contribution in [0.3, 0.4) is 0 Å². The minimum Gasteiger partial charge on any atom is -0.322 e. The first-order chi connectivity index (χ1) is 13.9. The molecule has 2 aromatic carbocycles. The van der Waals surface area contributed by atoms with Gasteiger partial charge in [0.2, 0.25) is 5.91 Å². The Morgan fingerprint density at radius 1 is 1.14 bits per heavy atom. The van der Waals surface area contributed by atoms with E-state index >= 15 is 0 Å². The Hall–Kier alpha value is -2.32. The van der Waals surface area contributed by atoms with E-state index in [1.54, 1.807) is 29.2 Å². The first kappa shape index (κ1) is 20.0. The van der Waals surface area contributed by atoms with Crippen LogP contribution in [0.5, 0.6) is 0 Å². The molecule has 8 heteroatoms. The minimum absolute atomic E-state index is 0.0292. The van der Waals surface area contributed by atoms with E-state index in [1.165, 1.54) is 11.8 Å². The Bertz CT molecular complexity index is 1050. The van der Waals surface area contributed by atoms with Gasteiger partial charge in [-0.2, -0.15) is 0 Å². The molecule has 2 aromatic rings. The first-order valence-corrected chi connectivity index (χ1v) is 12.3. The second-order valence-corrected chi connectivity index (χ2v) is 10.9. The molecule has 0 spiro atoms. The van der Waals surface area contributed by atoms with Gasteiger partial charge in [0.1, 0.15) is 0 Å². The van der Waals surface area contributed by atoms with Crippen molar-refractivity contribution in [1.82, 2.24) is 0 Å². The number of thioether (sulfide) groups is 1. The molecule has 0 radical (unpaired) electrons. The van der Waals surface area contributed by atoms with Crippen LogP contribution in [0.1, 0.15) is 29.6 Å². The Labute approximate surface area is 174 Å². The average molecular weight is 431 g/mol. The van der Waals surface area contributed by atoms with Gasteiger partial charge in [-0.1, -0.05) is 18.2 Å². The summed E-state index contributed by atoms with van der Waals surface area (Å²) in [5.74, 6) is 0.209. The van der Waals surface area contributed by atoms with Crippen molar-refractivity contribution < 1.29 is 18.0 Å². The monoisotopic (exact) mass is 430 g/mol. The quantitative estimate of drug-likeness (QED) is 0.787. The molecule has 152 valence electrons. The first-order valence-electron chi connectivity index (χ1n) is 9.59. The van der Waals surface area contributed by atoms with E-state index in [1.807, 2.05) is 24.3 Å². The largest absolute Gasteiger partial charge is 0.322 e. The van der Waals surface area contributed by atoms with Crippen LogP contribution in [-0.2, 0) is 14.6 Å². The second kappa shape index (κ2) is 8.20. The number of rotatable bonds is 5. The Morgan fingerprint density at radius 3 is 2.69 bits per heavy atom. The van der Waals surface area contributed by atoms with E-state index in [0.29, 0.717) is 30.6 Å². The maximum absolute atomic E-state index is 12.9. The lowest BCUT2D eigenvalue weighted by molar-refractivity contribution is -0.117. The molecular formula is C21H22N2O4S2. The molecule has 1 atom stereocenters. The number of hydrogen-bond acceptors (Lipinski definition) is 5. The average Bonchev–Trinajstić information content (AvgIpc) is 3.27. The summed E-state index contributed by atoms with van der Waals surface area (Å²) in [6, 6.07) is 14.5. The third kappa shape index (κ3) is 4.64. The van der Waals surface area contributed by atoms with Gasteiger partial charge in [0.15, 0.2) is 9.84 Å². The van der Waals surface area contributed by atoms with Crippen LogP contribution in [0.25, 0.3) is 0 Å². The standard InChI is InChI=1S/C21H22N2O4S2/c24-20-9-4-11-23(20)16-6-3-5-15(13-16)22-21(25)18-7-1-2-8-19(18)28-17-10-12-29(26,27)14-17/h1-3,5-8,13,17H,4,9-12,14H2,(H,22,25)/t17-/m0/s1. The van der Waals surface area contributed by atoms with Gasteiger partial charge in [0.25, 0.3) is 5.91 Å². The minimum atomic E-state index is -2.97. The third-order valence-corrected chi connectivity index (χ3v) is 8.43.